The van der Waals surface area contributed by atoms with E-state index >= 15 is 0 Å². The second-order valence-electron chi connectivity index (χ2n) is 4.89. The van der Waals surface area contributed by atoms with Crippen LogP contribution in [0.25, 0.3) is 0 Å². The number of rotatable bonds is 2. The quantitative estimate of drug-likeness (QED) is 0.898. The number of hydrogen-bond donors (Lipinski definition) is 1. The van der Waals surface area contributed by atoms with E-state index in [4.69, 9.17) is 0 Å². The first-order chi connectivity index (χ1) is 10.1. The SMILES string of the molecule is O=C(O)N1C(=O)c2ccc(Br)cc2C1Cc1ccccc1. The van der Waals surface area contributed by atoms with Crippen LogP contribution in [0.5, 0.6) is 0 Å². The highest BCUT2D eigenvalue weighted by molar-refractivity contribution is 9.10. The second-order valence-corrected chi connectivity index (χ2v) is 5.81. The Hall–Kier alpha value is -2.14. The summed E-state index contributed by atoms with van der Waals surface area (Å²) in [6.45, 7) is 0. The van der Waals surface area contributed by atoms with E-state index < -0.39 is 18.0 Å². The Labute approximate surface area is 130 Å². The molecule has 1 atom stereocenters. The molecule has 0 fully saturated rings. The first-order valence-electron chi connectivity index (χ1n) is 6.48. The summed E-state index contributed by atoms with van der Waals surface area (Å²) in [7, 11) is 0. The van der Waals surface area contributed by atoms with E-state index in [1.54, 1.807) is 12.1 Å². The maximum atomic E-state index is 12.3. The average Bonchev–Trinajstić information content (AvgIpc) is 2.72. The molecule has 1 aliphatic heterocycles. The molecule has 0 saturated heterocycles. The van der Waals surface area contributed by atoms with E-state index in [0.29, 0.717) is 12.0 Å². The molecule has 21 heavy (non-hydrogen) atoms. The molecular formula is C16H12BrNO3. The molecule has 3 rings (SSSR count). The van der Waals surface area contributed by atoms with Gasteiger partial charge in [-0.25, -0.2) is 9.69 Å². The van der Waals surface area contributed by atoms with Gasteiger partial charge in [0.15, 0.2) is 0 Å². The number of halogens is 1. The molecule has 0 spiro atoms. The largest absolute Gasteiger partial charge is 0.465 e. The third kappa shape index (κ3) is 2.45. The average molecular weight is 346 g/mol. The number of carbonyl (C=O) groups excluding carboxylic acids is 1. The minimum Gasteiger partial charge on any atom is -0.465 e. The molecular weight excluding hydrogens is 334 g/mol. The predicted octanol–water partition coefficient (Wildman–Crippen LogP) is 3.87. The van der Waals surface area contributed by atoms with E-state index in [1.807, 2.05) is 36.4 Å². The summed E-state index contributed by atoms with van der Waals surface area (Å²) < 4.78 is 0.833. The van der Waals surface area contributed by atoms with E-state index in [0.717, 1.165) is 20.5 Å². The number of carbonyl (C=O) groups is 2. The number of fused-ring (bicyclic) bond motifs is 1. The van der Waals surface area contributed by atoms with Gasteiger partial charge in [-0.2, -0.15) is 0 Å². The van der Waals surface area contributed by atoms with Gasteiger partial charge in [0, 0.05) is 10.0 Å². The lowest BCUT2D eigenvalue weighted by molar-refractivity contribution is 0.0710. The summed E-state index contributed by atoms with van der Waals surface area (Å²) in [5.41, 5.74) is 2.21. The third-order valence-corrected chi connectivity index (χ3v) is 4.10. The van der Waals surface area contributed by atoms with Crippen molar-refractivity contribution in [3.8, 4) is 0 Å². The summed E-state index contributed by atoms with van der Waals surface area (Å²) in [5.74, 6) is -0.453. The Balaban J connectivity index is 2.05. The Morgan fingerprint density at radius 3 is 2.57 bits per heavy atom. The molecule has 0 saturated carbocycles. The number of imide groups is 1. The monoisotopic (exact) mass is 345 g/mol. The summed E-state index contributed by atoms with van der Waals surface area (Å²) in [6, 6.07) is 14.3. The Morgan fingerprint density at radius 2 is 1.90 bits per heavy atom. The van der Waals surface area contributed by atoms with Crippen LogP contribution in [0.2, 0.25) is 0 Å². The molecule has 106 valence electrons. The van der Waals surface area contributed by atoms with Gasteiger partial charge in [0.1, 0.15) is 0 Å². The van der Waals surface area contributed by atoms with Gasteiger partial charge in [-0.3, -0.25) is 4.79 Å². The highest BCUT2D eigenvalue weighted by Gasteiger charge is 2.40. The van der Waals surface area contributed by atoms with Gasteiger partial charge in [0.2, 0.25) is 0 Å². The number of nitrogens with zero attached hydrogens (tertiary/aromatic N) is 1. The van der Waals surface area contributed by atoms with Crippen LogP contribution < -0.4 is 0 Å². The lowest BCUT2D eigenvalue weighted by atomic mass is 9.98. The highest BCUT2D eigenvalue weighted by Crippen LogP contribution is 2.37. The molecule has 0 aliphatic carbocycles. The van der Waals surface area contributed by atoms with E-state index in [9.17, 15) is 14.7 Å². The number of amides is 2. The normalized spacial score (nSPS) is 16.9. The van der Waals surface area contributed by atoms with Gasteiger partial charge >= 0.3 is 6.09 Å². The van der Waals surface area contributed by atoms with Crippen molar-refractivity contribution in [2.24, 2.45) is 0 Å². The Kier molecular flexibility index (Phi) is 3.51. The molecule has 5 heteroatoms. The van der Waals surface area contributed by atoms with Gasteiger partial charge in [-0.05, 0) is 35.7 Å². The first-order valence-corrected chi connectivity index (χ1v) is 7.27. The molecule has 2 aromatic carbocycles. The zero-order valence-electron chi connectivity index (χ0n) is 11.0. The molecule has 0 radical (unpaired) electrons. The van der Waals surface area contributed by atoms with Crippen molar-refractivity contribution in [1.82, 2.24) is 4.90 Å². The van der Waals surface area contributed by atoms with Gasteiger partial charge in [0.05, 0.1) is 6.04 Å². The fourth-order valence-electron chi connectivity index (χ4n) is 2.67. The van der Waals surface area contributed by atoms with Gasteiger partial charge < -0.3 is 5.11 Å². The van der Waals surface area contributed by atoms with Crippen LogP contribution in [0.15, 0.2) is 53.0 Å². The van der Waals surface area contributed by atoms with Crippen LogP contribution in [0, 0.1) is 0 Å². The molecule has 2 aromatic rings. The minimum atomic E-state index is -1.21. The molecule has 2 amide bonds. The summed E-state index contributed by atoms with van der Waals surface area (Å²) in [6.07, 6.45) is -0.740. The molecule has 1 unspecified atom stereocenters. The lowest BCUT2D eigenvalue weighted by Gasteiger charge is -2.20. The minimum absolute atomic E-state index is 0.453. The van der Waals surface area contributed by atoms with E-state index in [2.05, 4.69) is 15.9 Å². The van der Waals surface area contributed by atoms with Crippen molar-refractivity contribution in [2.75, 3.05) is 0 Å². The van der Waals surface area contributed by atoms with Crippen molar-refractivity contribution >= 4 is 27.9 Å². The molecule has 1 aliphatic rings. The van der Waals surface area contributed by atoms with E-state index in [1.165, 1.54) is 0 Å². The molecule has 1 heterocycles. The standard InChI is InChI=1S/C16H12BrNO3/c17-11-6-7-12-13(9-11)14(18(15(12)19)16(20)21)8-10-4-2-1-3-5-10/h1-7,9,14H,8H2,(H,20,21). The lowest BCUT2D eigenvalue weighted by Crippen LogP contribution is -2.34. The fraction of sp³-hybridized carbons (Fsp3) is 0.125. The Morgan fingerprint density at radius 1 is 1.19 bits per heavy atom. The topological polar surface area (TPSA) is 57.6 Å². The fourth-order valence-corrected chi connectivity index (χ4v) is 3.05. The number of hydrogen-bond acceptors (Lipinski definition) is 2. The van der Waals surface area contributed by atoms with Crippen molar-refractivity contribution in [2.45, 2.75) is 12.5 Å². The van der Waals surface area contributed by atoms with Crippen LogP contribution in [0.3, 0.4) is 0 Å². The van der Waals surface area contributed by atoms with Crippen LogP contribution in [0.1, 0.15) is 27.5 Å². The number of carboxylic acid groups (broad SMARTS) is 1. The molecule has 4 nitrogen and oxygen atoms in total. The van der Waals surface area contributed by atoms with Gasteiger partial charge in [-0.15, -0.1) is 0 Å². The summed E-state index contributed by atoms with van der Waals surface area (Å²) >= 11 is 3.38. The smallest absolute Gasteiger partial charge is 0.414 e. The van der Waals surface area contributed by atoms with E-state index in [-0.39, 0.29) is 0 Å². The predicted molar refractivity (Wildman–Crippen MR) is 81.2 cm³/mol. The summed E-state index contributed by atoms with van der Waals surface area (Å²) in [5, 5.41) is 9.37. The summed E-state index contributed by atoms with van der Waals surface area (Å²) in [4.78, 5) is 24.7. The maximum Gasteiger partial charge on any atom is 0.414 e. The Bertz CT molecular complexity index is 715. The van der Waals surface area contributed by atoms with Crippen LogP contribution in [-0.2, 0) is 6.42 Å². The molecule has 0 aromatic heterocycles. The first kappa shape index (κ1) is 13.8. The van der Waals surface area contributed by atoms with Crippen LogP contribution in [-0.4, -0.2) is 22.0 Å². The van der Waals surface area contributed by atoms with Crippen molar-refractivity contribution in [3.05, 3.63) is 69.7 Å². The van der Waals surface area contributed by atoms with Gasteiger partial charge in [0.25, 0.3) is 5.91 Å². The number of benzene rings is 2. The van der Waals surface area contributed by atoms with Crippen molar-refractivity contribution < 1.29 is 14.7 Å². The van der Waals surface area contributed by atoms with Crippen molar-refractivity contribution in [3.63, 3.8) is 0 Å². The van der Waals surface area contributed by atoms with Gasteiger partial charge in [-0.1, -0.05) is 46.3 Å². The zero-order valence-corrected chi connectivity index (χ0v) is 12.6. The van der Waals surface area contributed by atoms with Crippen LogP contribution >= 0.6 is 15.9 Å². The molecule has 0 bridgehead atoms. The molecule has 1 N–H and O–H groups in total. The maximum absolute atomic E-state index is 12.3. The van der Waals surface area contributed by atoms with Crippen molar-refractivity contribution in [1.29, 1.82) is 0 Å². The van der Waals surface area contributed by atoms with Crippen LogP contribution in [0.4, 0.5) is 4.79 Å². The zero-order chi connectivity index (χ0) is 15.0. The third-order valence-electron chi connectivity index (χ3n) is 3.61. The second kappa shape index (κ2) is 5.33. The highest BCUT2D eigenvalue weighted by atomic mass is 79.9.